The molecule has 1 aliphatic heterocycles. The van der Waals surface area contributed by atoms with Crippen LogP contribution in [-0.2, 0) is 4.79 Å². The number of hydrogen-bond donors (Lipinski definition) is 4. The van der Waals surface area contributed by atoms with Crippen molar-refractivity contribution in [3.63, 3.8) is 0 Å². The molecule has 8 heteroatoms. The Balaban J connectivity index is 2.30. The van der Waals surface area contributed by atoms with Crippen LogP contribution in [-0.4, -0.2) is 22.9 Å². The van der Waals surface area contributed by atoms with Gasteiger partial charge in [-0.15, -0.1) is 0 Å². The van der Waals surface area contributed by atoms with Gasteiger partial charge in [-0.25, -0.2) is 9.38 Å². The predicted molar refractivity (Wildman–Crippen MR) is 77.4 cm³/mol. The van der Waals surface area contributed by atoms with Crippen molar-refractivity contribution in [2.45, 2.75) is 6.92 Å². The monoisotopic (exact) mass is 288 g/mol. The Morgan fingerprint density at radius 3 is 2.86 bits per heavy atom. The maximum atomic E-state index is 12.9. The number of allylic oxidation sites excluding steroid dienone is 1. The van der Waals surface area contributed by atoms with Crippen molar-refractivity contribution in [1.29, 1.82) is 5.41 Å². The van der Waals surface area contributed by atoms with Crippen molar-refractivity contribution in [3.8, 4) is 0 Å². The zero-order chi connectivity index (χ0) is 15.4. The van der Waals surface area contributed by atoms with E-state index in [1.165, 1.54) is 6.20 Å². The van der Waals surface area contributed by atoms with Crippen molar-refractivity contribution in [1.82, 2.24) is 10.3 Å². The number of rotatable bonds is 3. The van der Waals surface area contributed by atoms with Crippen LogP contribution in [0.25, 0.3) is 0 Å². The van der Waals surface area contributed by atoms with Gasteiger partial charge < -0.3 is 16.4 Å². The summed E-state index contributed by atoms with van der Waals surface area (Å²) in [6.45, 7) is 1.80. The minimum absolute atomic E-state index is 0.00273. The number of carbonyl (C=O) groups is 1. The maximum Gasteiger partial charge on any atom is 0.263 e. The minimum atomic E-state index is -0.631. The van der Waals surface area contributed by atoms with Gasteiger partial charge >= 0.3 is 0 Å². The lowest BCUT2D eigenvalue weighted by Gasteiger charge is -2.13. The SMILES string of the molecule is Cc1ccncc1NC(=O)/C(C(=N)N)=C1/N=CC(F)=CN1. The Bertz CT molecular complexity index is 692. The molecule has 0 saturated carbocycles. The first-order chi connectivity index (χ1) is 9.99. The van der Waals surface area contributed by atoms with Gasteiger partial charge in [-0.3, -0.25) is 15.2 Å². The first-order valence-corrected chi connectivity index (χ1v) is 5.96. The number of nitrogens with two attached hydrogens (primary N) is 1. The summed E-state index contributed by atoms with van der Waals surface area (Å²) >= 11 is 0. The molecule has 0 fully saturated rings. The second kappa shape index (κ2) is 5.95. The molecule has 0 radical (unpaired) electrons. The van der Waals surface area contributed by atoms with E-state index in [4.69, 9.17) is 11.1 Å². The molecule has 1 aliphatic rings. The Hall–Kier alpha value is -3.03. The average Bonchev–Trinajstić information content (AvgIpc) is 2.43. The number of amides is 1. The van der Waals surface area contributed by atoms with Gasteiger partial charge in [-0.2, -0.15) is 0 Å². The predicted octanol–water partition coefficient (Wildman–Crippen LogP) is 0.961. The van der Waals surface area contributed by atoms with Crippen LogP contribution in [0.15, 0.2) is 46.9 Å². The summed E-state index contributed by atoms with van der Waals surface area (Å²) in [5, 5.41) is 12.6. The number of amidine groups is 1. The molecule has 2 heterocycles. The first-order valence-electron chi connectivity index (χ1n) is 5.96. The quantitative estimate of drug-likeness (QED) is 0.376. The number of pyridine rings is 1. The Morgan fingerprint density at radius 2 is 2.29 bits per heavy atom. The molecule has 0 spiro atoms. The second-order valence-electron chi connectivity index (χ2n) is 4.21. The van der Waals surface area contributed by atoms with E-state index in [2.05, 4.69) is 20.6 Å². The van der Waals surface area contributed by atoms with Gasteiger partial charge in [0.1, 0.15) is 17.2 Å². The van der Waals surface area contributed by atoms with Crippen molar-refractivity contribution in [2.75, 3.05) is 5.32 Å². The number of aliphatic imine (C=N–C) groups is 1. The summed E-state index contributed by atoms with van der Waals surface area (Å²) in [4.78, 5) is 19.9. The lowest BCUT2D eigenvalue weighted by Crippen LogP contribution is -2.30. The fourth-order valence-corrected chi connectivity index (χ4v) is 1.61. The highest BCUT2D eigenvalue weighted by Crippen LogP contribution is 2.15. The van der Waals surface area contributed by atoms with Crippen LogP contribution in [0.2, 0.25) is 0 Å². The standard InChI is InChI=1S/C13H13FN6O/c1-7-2-3-17-6-9(7)20-13(21)10(11(15)16)12-18-4-8(14)5-19-12/h2-6,18H,1H3,(H3,15,16)(H,20,21)/b12-10+. The smallest absolute Gasteiger partial charge is 0.263 e. The van der Waals surface area contributed by atoms with E-state index in [0.29, 0.717) is 5.69 Å². The Kier molecular flexibility index (Phi) is 4.07. The van der Waals surface area contributed by atoms with E-state index in [-0.39, 0.29) is 11.4 Å². The summed E-state index contributed by atoms with van der Waals surface area (Å²) in [6, 6.07) is 1.73. The number of halogens is 1. The topological polar surface area (TPSA) is 116 Å². The number of carbonyl (C=O) groups excluding carboxylic acids is 1. The number of nitrogens with zero attached hydrogens (tertiary/aromatic N) is 2. The van der Waals surface area contributed by atoms with Gasteiger partial charge in [-0.1, -0.05) is 0 Å². The molecule has 21 heavy (non-hydrogen) atoms. The average molecular weight is 288 g/mol. The zero-order valence-corrected chi connectivity index (χ0v) is 11.1. The Labute approximate surface area is 120 Å². The number of hydrogen-bond acceptors (Lipinski definition) is 5. The molecule has 1 amide bonds. The summed E-state index contributed by atoms with van der Waals surface area (Å²) in [6.07, 6.45) is 5.02. The highest BCUT2D eigenvalue weighted by atomic mass is 19.1. The second-order valence-corrected chi connectivity index (χ2v) is 4.21. The lowest BCUT2D eigenvalue weighted by atomic mass is 10.2. The van der Waals surface area contributed by atoms with Gasteiger partial charge in [0, 0.05) is 12.4 Å². The van der Waals surface area contributed by atoms with Crippen molar-refractivity contribution < 1.29 is 9.18 Å². The highest BCUT2D eigenvalue weighted by Gasteiger charge is 2.20. The normalized spacial score (nSPS) is 15.8. The molecule has 2 rings (SSSR count). The van der Waals surface area contributed by atoms with Crippen LogP contribution in [0.3, 0.4) is 0 Å². The number of anilines is 1. The number of aryl methyl sites for hydroxylation is 1. The number of aromatic nitrogens is 1. The molecule has 7 nitrogen and oxygen atoms in total. The molecule has 0 unspecified atom stereocenters. The molecule has 0 atom stereocenters. The molecular weight excluding hydrogens is 275 g/mol. The van der Waals surface area contributed by atoms with Crippen LogP contribution >= 0.6 is 0 Å². The molecule has 0 bridgehead atoms. The molecular formula is C13H13FN6O. The van der Waals surface area contributed by atoms with Gasteiger partial charge in [0.15, 0.2) is 5.83 Å². The molecule has 0 aliphatic carbocycles. The summed E-state index contributed by atoms with van der Waals surface area (Å²) in [5.41, 5.74) is 6.53. The van der Waals surface area contributed by atoms with E-state index < -0.39 is 17.6 Å². The van der Waals surface area contributed by atoms with Crippen molar-refractivity contribution in [3.05, 3.63) is 47.4 Å². The van der Waals surface area contributed by atoms with E-state index >= 15 is 0 Å². The van der Waals surface area contributed by atoms with E-state index in [1.807, 2.05) is 0 Å². The van der Waals surface area contributed by atoms with Gasteiger partial charge in [0.2, 0.25) is 0 Å². The van der Waals surface area contributed by atoms with Gasteiger partial charge in [0.25, 0.3) is 5.91 Å². The Morgan fingerprint density at radius 1 is 1.52 bits per heavy atom. The van der Waals surface area contributed by atoms with Crippen LogP contribution in [0.1, 0.15) is 5.56 Å². The third kappa shape index (κ3) is 3.30. The first kappa shape index (κ1) is 14.4. The lowest BCUT2D eigenvalue weighted by molar-refractivity contribution is -0.112. The third-order valence-corrected chi connectivity index (χ3v) is 2.68. The maximum absolute atomic E-state index is 12.9. The van der Waals surface area contributed by atoms with Crippen molar-refractivity contribution >= 4 is 23.6 Å². The highest BCUT2D eigenvalue weighted by molar-refractivity contribution is 6.23. The summed E-state index contributed by atoms with van der Waals surface area (Å²) in [5.74, 6) is -1.70. The fraction of sp³-hybridized carbons (Fsp3) is 0.0769. The summed E-state index contributed by atoms with van der Waals surface area (Å²) in [7, 11) is 0. The minimum Gasteiger partial charge on any atom is -0.383 e. The molecule has 0 saturated heterocycles. The zero-order valence-electron chi connectivity index (χ0n) is 11.1. The fourth-order valence-electron chi connectivity index (χ4n) is 1.61. The molecule has 5 N–H and O–H groups in total. The van der Waals surface area contributed by atoms with Crippen LogP contribution in [0, 0.1) is 12.3 Å². The van der Waals surface area contributed by atoms with Crippen LogP contribution in [0.5, 0.6) is 0 Å². The van der Waals surface area contributed by atoms with E-state index in [9.17, 15) is 9.18 Å². The van der Waals surface area contributed by atoms with E-state index in [1.54, 1.807) is 19.2 Å². The van der Waals surface area contributed by atoms with E-state index in [0.717, 1.165) is 18.0 Å². The van der Waals surface area contributed by atoms with Crippen LogP contribution in [0.4, 0.5) is 10.1 Å². The van der Waals surface area contributed by atoms with Gasteiger partial charge in [-0.05, 0) is 18.6 Å². The molecule has 1 aromatic rings. The third-order valence-electron chi connectivity index (χ3n) is 2.68. The molecule has 108 valence electrons. The van der Waals surface area contributed by atoms with Gasteiger partial charge in [0.05, 0.1) is 18.1 Å². The summed E-state index contributed by atoms with van der Waals surface area (Å²) < 4.78 is 12.9. The number of nitrogens with one attached hydrogen (secondary N) is 3. The largest absolute Gasteiger partial charge is 0.383 e. The van der Waals surface area contributed by atoms with Crippen molar-refractivity contribution in [2.24, 2.45) is 10.7 Å². The molecule has 0 aromatic carbocycles. The van der Waals surface area contributed by atoms with Crippen LogP contribution < -0.4 is 16.4 Å². The molecule has 1 aromatic heterocycles.